The van der Waals surface area contributed by atoms with Crippen molar-refractivity contribution < 1.29 is 9.53 Å². The smallest absolute Gasteiger partial charge is 0.334 e. The van der Waals surface area contributed by atoms with E-state index < -0.39 is 5.54 Å². The molecule has 0 heterocycles. The summed E-state index contributed by atoms with van der Waals surface area (Å²) in [6.07, 6.45) is 1.88. The molecule has 0 aliphatic rings. The second-order valence-electron chi connectivity index (χ2n) is 3.25. The number of aliphatic imine (C=N–C) groups is 1. The van der Waals surface area contributed by atoms with E-state index >= 15 is 0 Å². The summed E-state index contributed by atoms with van der Waals surface area (Å²) < 4.78 is 4.98. The Bertz CT molecular complexity index is 220. The molecule has 0 atom stereocenters. The molecule has 0 bridgehead atoms. The van der Waals surface area contributed by atoms with E-state index in [1.165, 1.54) is 0 Å². The zero-order valence-corrected chi connectivity index (χ0v) is 9.11. The van der Waals surface area contributed by atoms with Crippen molar-refractivity contribution in [1.82, 2.24) is 0 Å². The summed E-state index contributed by atoms with van der Waals surface area (Å²) >= 11 is 4.43. The lowest BCUT2D eigenvalue weighted by Crippen LogP contribution is -2.31. The number of rotatable bonds is 5. The van der Waals surface area contributed by atoms with Crippen molar-refractivity contribution in [3.63, 3.8) is 0 Å². The van der Waals surface area contributed by atoms with Gasteiger partial charge in [-0.2, -0.15) is 0 Å². The zero-order valence-electron chi connectivity index (χ0n) is 8.29. The van der Waals surface area contributed by atoms with Crippen LogP contribution in [0.2, 0.25) is 0 Å². The SMILES string of the molecule is CCCCOC(=O)C(C)(C)N=C=S. The minimum absolute atomic E-state index is 0.349. The van der Waals surface area contributed by atoms with Crippen LogP contribution in [0.25, 0.3) is 0 Å². The Morgan fingerprint density at radius 1 is 1.62 bits per heavy atom. The molecule has 0 aliphatic carbocycles. The summed E-state index contributed by atoms with van der Waals surface area (Å²) in [5.74, 6) is -0.349. The maximum Gasteiger partial charge on any atom is 0.334 e. The highest BCUT2D eigenvalue weighted by Crippen LogP contribution is 2.10. The van der Waals surface area contributed by atoms with Gasteiger partial charge in [0, 0.05) is 0 Å². The number of ether oxygens (including phenoxy) is 1. The molecule has 0 rings (SSSR count). The van der Waals surface area contributed by atoms with Crippen LogP contribution in [-0.4, -0.2) is 23.3 Å². The second kappa shape index (κ2) is 5.84. The number of nitrogens with zero attached hydrogens (tertiary/aromatic N) is 1. The predicted octanol–water partition coefficient (Wildman–Crippen LogP) is 2.21. The molecule has 3 nitrogen and oxygen atoms in total. The zero-order chi connectivity index (χ0) is 10.3. The van der Waals surface area contributed by atoms with Crippen molar-refractivity contribution in [3.8, 4) is 0 Å². The maximum atomic E-state index is 11.3. The lowest BCUT2D eigenvalue weighted by Gasteiger charge is -2.15. The first-order valence-corrected chi connectivity index (χ1v) is 4.71. The molecular weight excluding hydrogens is 186 g/mol. The molecule has 0 aromatic rings. The van der Waals surface area contributed by atoms with Crippen LogP contribution < -0.4 is 0 Å². The van der Waals surface area contributed by atoms with Gasteiger partial charge in [-0.1, -0.05) is 13.3 Å². The summed E-state index contributed by atoms with van der Waals surface area (Å²) in [6, 6.07) is 0. The Hall–Kier alpha value is -0.730. The van der Waals surface area contributed by atoms with Crippen molar-refractivity contribution in [2.24, 2.45) is 4.99 Å². The van der Waals surface area contributed by atoms with E-state index in [9.17, 15) is 4.79 Å². The van der Waals surface area contributed by atoms with Crippen LogP contribution in [-0.2, 0) is 9.53 Å². The molecule has 0 saturated carbocycles. The van der Waals surface area contributed by atoms with Crippen molar-refractivity contribution in [2.75, 3.05) is 6.61 Å². The lowest BCUT2D eigenvalue weighted by atomic mass is 10.1. The van der Waals surface area contributed by atoms with Crippen LogP contribution >= 0.6 is 12.2 Å². The molecule has 74 valence electrons. The molecule has 0 saturated heterocycles. The molecule has 0 amide bonds. The molecule has 13 heavy (non-hydrogen) atoms. The van der Waals surface area contributed by atoms with Gasteiger partial charge in [0.15, 0.2) is 5.54 Å². The third-order valence-corrected chi connectivity index (χ3v) is 1.65. The molecule has 0 aliphatic heterocycles. The number of unbranched alkanes of at least 4 members (excludes halogenated alkanes) is 1. The fraction of sp³-hybridized carbons (Fsp3) is 0.778. The van der Waals surface area contributed by atoms with Gasteiger partial charge in [-0.05, 0) is 32.5 Å². The summed E-state index contributed by atoms with van der Waals surface area (Å²) in [6.45, 7) is 5.79. The molecule has 0 aromatic heterocycles. The molecule has 0 N–H and O–H groups in total. The topological polar surface area (TPSA) is 38.7 Å². The van der Waals surface area contributed by atoms with E-state index in [0.717, 1.165) is 12.8 Å². The van der Waals surface area contributed by atoms with Gasteiger partial charge in [-0.25, -0.2) is 9.79 Å². The third kappa shape index (κ3) is 4.76. The monoisotopic (exact) mass is 201 g/mol. The molecule has 4 heteroatoms. The predicted molar refractivity (Wildman–Crippen MR) is 55.0 cm³/mol. The van der Waals surface area contributed by atoms with E-state index in [-0.39, 0.29) is 5.97 Å². The fourth-order valence-corrected chi connectivity index (χ4v) is 0.874. The van der Waals surface area contributed by atoms with Crippen LogP contribution in [0.1, 0.15) is 33.6 Å². The Morgan fingerprint density at radius 3 is 2.69 bits per heavy atom. The van der Waals surface area contributed by atoms with Crippen LogP contribution in [0, 0.1) is 0 Å². The summed E-state index contributed by atoms with van der Waals surface area (Å²) in [5, 5.41) is 2.19. The van der Waals surface area contributed by atoms with E-state index in [1.807, 2.05) is 6.92 Å². The Kier molecular flexibility index (Phi) is 5.51. The number of carbonyl (C=O) groups is 1. The van der Waals surface area contributed by atoms with E-state index in [0.29, 0.717) is 6.61 Å². The van der Waals surface area contributed by atoms with Crippen LogP contribution in [0.3, 0.4) is 0 Å². The highest BCUT2D eigenvalue weighted by atomic mass is 32.1. The van der Waals surface area contributed by atoms with Gasteiger partial charge in [0.05, 0.1) is 11.8 Å². The second-order valence-corrected chi connectivity index (χ2v) is 3.43. The van der Waals surface area contributed by atoms with E-state index in [4.69, 9.17) is 4.74 Å². The third-order valence-electron chi connectivity index (χ3n) is 1.56. The molecule has 0 fully saturated rings. The lowest BCUT2D eigenvalue weighted by molar-refractivity contribution is -0.148. The average molecular weight is 201 g/mol. The standard InChI is InChI=1S/C9H15NO2S/c1-4-5-6-12-8(11)9(2,3)10-7-13/h4-6H2,1-3H3. The Labute approximate surface area is 84.2 Å². The van der Waals surface area contributed by atoms with Crippen molar-refractivity contribution in [3.05, 3.63) is 0 Å². The highest BCUT2D eigenvalue weighted by molar-refractivity contribution is 7.78. The van der Waals surface area contributed by atoms with Crippen LogP contribution in [0.4, 0.5) is 0 Å². The van der Waals surface area contributed by atoms with Gasteiger partial charge < -0.3 is 4.74 Å². The van der Waals surface area contributed by atoms with E-state index in [2.05, 4.69) is 22.4 Å². The van der Waals surface area contributed by atoms with Crippen LogP contribution in [0.15, 0.2) is 4.99 Å². The van der Waals surface area contributed by atoms with Gasteiger partial charge in [-0.15, -0.1) is 0 Å². The summed E-state index contributed by atoms with van der Waals surface area (Å²) in [5.41, 5.74) is -0.893. The normalized spacial score (nSPS) is 10.4. The fourth-order valence-electron chi connectivity index (χ4n) is 0.646. The molecule has 0 unspecified atom stereocenters. The maximum absolute atomic E-state index is 11.3. The van der Waals surface area contributed by atoms with Crippen molar-refractivity contribution in [1.29, 1.82) is 0 Å². The summed E-state index contributed by atoms with van der Waals surface area (Å²) in [4.78, 5) is 15.1. The number of carbonyl (C=O) groups excluding carboxylic acids is 1. The molecule has 0 radical (unpaired) electrons. The number of hydrogen-bond acceptors (Lipinski definition) is 4. The largest absolute Gasteiger partial charge is 0.464 e. The van der Waals surface area contributed by atoms with Crippen LogP contribution in [0.5, 0.6) is 0 Å². The van der Waals surface area contributed by atoms with Gasteiger partial charge >= 0.3 is 5.97 Å². The first-order valence-electron chi connectivity index (χ1n) is 4.31. The first-order chi connectivity index (χ1) is 6.04. The van der Waals surface area contributed by atoms with Crippen molar-refractivity contribution >= 4 is 23.3 Å². The van der Waals surface area contributed by atoms with Gasteiger partial charge in [-0.3, -0.25) is 0 Å². The number of hydrogen-bond donors (Lipinski definition) is 0. The Morgan fingerprint density at radius 2 is 2.23 bits per heavy atom. The number of esters is 1. The van der Waals surface area contributed by atoms with Gasteiger partial charge in [0.2, 0.25) is 0 Å². The molecule has 0 aromatic carbocycles. The first kappa shape index (κ1) is 12.3. The average Bonchev–Trinajstić information content (AvgIpc) is 2.04. The minimum atomic E-state index is -0.893. The highest BCUT2D eigenvalue weighted by Gasteiger charge is 2.27. The quantitative estimate of drug-likeness (QED) is 0.296. The molecular formula is C9H15NO2S. The van der Waals surface area contributed by atoms with Crippen molar-refractivity contribution in [2.45, 2.75) is 39.2 Å². The Balaban J connectivity index is 4.02. The van der Waals surface area contributed by atoms with E-state index in [1.54, 1.807) is 13.8 Å². The summed E-state index contributed by atoms with van der Waals surface area (Å²) in [7, 11) is 0. The number of isothiocyanates is 1. The number of thiocarbonyl (C=S) groups is 1. The van der Waals surface area contributed by atoms with Gasteiger partial charge in [0.25, 0.3) is 0 Å². The van der Waals surface area contributed by atoms with Gasteiger partial charge in [0.1, 0.15) is 0 Å². The minimum Gasteiger partial charge on any atom is -0.464 e. The molecule has 0 spiro atoms.